The third kappa shape index (κ3) is 6.66. The number of fused-ring (bicyclic) bond motifs is 3. The van der Waals surface area contributed by atoms with Crippen molar-refractivity contribution in [3.05, 3.63) is 108 Å². The number of aliphatic hydroxyl groups excluding tert-OH is 1. The minimum atomic E-state index is -0.163. The van der Waals surface area contributed by atoms with Crippen molar-refractivity contribution in [2.75, 3.05) is 0 Å². The standard InChI is InChI=1S/C27H19N2.C13H24O2.Ir/c1-27(2)21-11-7-13-24-25(21)19(14-15-28-24)26-22(27)16-20-18(10-6-12-23(20)29-26)17-8-4-3-5-9-17;1-5-10(6-2)12(14)9-13(15)11(7-3)8-4;/h3-13,15-16H,1-2H3;9-11,14H,5-8H2,1-4H3;/q-1;;/b;12-9-;. The molecule has 2 heterocycles. The summed E-state index contributed by atoms with van der Waals surface area (Å²) in [5.41, 5.74) is 8.92. The van der Waals surface area contributed by atoms with Gasteiger partial charge in [0, 0.05) is 48.9 Å². The van der Waals surface area contributed by atoms with Crippen molar-refractivity contribution in [2.45, 2.75) is 72.6 Å². The number of allylic oxidation sites excluding steroid dienone is 2. The summed E-state index contributed by atoms with van der Waals surface area (Å²) in [7, 11) is 0. The van der Waals surface area contributed by atoms with Gasteiger partial charge in [0.05, 0.1) is 11.3 Å². The number of pyridine rings is 2. The molecule has 6 rings (SSSR count). The van der Waals surface area contributed by atoms with Crippen LogP contribution in [0.1, 0.15) is 78.4 Å². The van der Waals surface area contributed by atoms with Crippen LogP contribution in [0, 0.1) is 17.9 Å². The number of hydrogen-bond acceptors (Lipinski definition) is 4. The maximum absolute atomic E-state index is 11.7. The van der Waals surface area contributed by atoms with Crippen molar-refractivity contribution in [2.24, 2.45) is 11.8 Å². The monoisotopic (exact) mass is 776 g/mol. The molecule has 0 aliphatic heterocycles. The summed E-state index contributed by atoms with van der Waals surface area (Å²) in [6.45, 7) is 12.6. The predicted molar refractivity (Wildman–Crippen MR) is 183 cm³/mol. The Morgan fingerprint density at radius 3 is 2.16 bits per heavy atom. The second-order valence-electron chi connectivity index (χ2n) is 12.2. The van der Waals surface area contributed by atoms with Gasteiger partial charge in [-0.3, -0.25) is 9.78 Å². The Morgan fingerprint density at radius 1 is 0.844 bits per heavy atom. The van der Waals surface area contributed by atoms with Crippen LogP contribution in [0.4, 0.5) is 0 Å². The third-order valence-electron chi connectivity index (χ3n) is 9.31. The molecule has 0 bridgehead atoms. The van der Waals surface area contributed by atoms with Crippen LogP contribution in [-0.4, -0.2) is 20.9 Å². The Morgan fingerprint density at radius 2 is 1.49 bits per heavy atom. The normalized spacial score (nSPS) is 13.3. The number of aromatic nitrogens is 2. The van der Waals surface area contributed by atoms with Crippen LogP contribution in [0.15, 0.2) is 90.8 Å². The number of hydrogen-bond donors (Lipinski definition) is 1. The first-order valence-electron chi connectivity index (χ1n) is 16.0. The third-order valence-corrected chi connectivity index (χ3v) is 9.31. The van der Waals surface area contributed by atoms with Crippen molar-refractivity contribution in [3.63, 3.8) is 0 Å². The SMILES string of the molecule is CC1(C)c2cc3c(-c4ccccc4)cccc3nc2-c2[c-]cnc3cccc1c23.CCC(CC)C(=O)/C=C(\O)C(CC)CC.[Ir]. The number of carbonyl (C=O) groups is 1. The zero-order valence-electron chi connectivity index (χ0n) is 27.1. The van der Waals surface area contributed by atoms with E-state index in [-0.39, 0.29) is 48.9 Å². The van der Waals surface area contributed by atoms with Gasteiger partial charge in [-0.1, -0.05) is 119 Å². The number of nitrogens with zero attached hydrogens (tertiary/aromatic N) is 2. The van der Waals surface area contributed by atoms with Crippen LogP contribution >= 0.6 is 0 Å². The maximum atomic E-state index is 11.7. The number of aliphatic hydroxyl groups is 1. The molecule has 5 aromatic rings. The van der Waals surface area contributed by atoms with E-state index in [4.69, 9.17) is 4.98 Å². The molecule has 3 aromatic carbocycles. The molecular formula is C40H43IrN2O2-. The first-order valence-corrected chi connectivity index (χ1v) is 16.0. The van der Waals surface area contributed by atoms with Gasteiger partial charge in [0.1, 0.15) is 0 Å². The van der Waals surface area contributed by atoms with Gasteiger partial charge in [-0.2, -0.15) is 11.6 Å². The fraction of sp³-hybridized carbons (Fsp3) is 0.325. The average Bonchev–Trinajstić information content (AvgIpc) is 3.04. The zero-order valence-corrected chi connectivity index (χ0v) is 29.5. The van der Waals surface area contributed by atoms with E-state index in [1.165, 1.54) is 39.1 Å². The summed E-state index contributed by atoms with van der Waals surface area (Å²) in [5.74, 6) is 0.547. The molecule has 5 heteroatoms. The second-order valence-corrected chi connectivity index (χ2v) is 12.2. The summed E-state index contributed by atoms with van der Waals surface area (Å²) in [4.78, 5) is 21.4. The fourth-order valence-corrected chi connectivity index (χ4v) is 6.51. The molecule has 0 unspecified atom stereocenters. The Kier molecular flexibility index (Phi) is 11.1. The van der Waals surface area contributed by atoms with Crippen LogP contribution < -0.4 is 0 Å². The summed E-state index contributed by atoms with van der Waals surface area (Å²) in [5, 5.41) is 12.1. The van der Waals surface area contributed by atoms with E-state index in [9.17, 15) is 9.90 Å². The van der Waals surface area contributed by atoms with Gasteiger partial charge in [-0.15, -0.1) is 0 Å². The van der Waals surface area contributed by atoms with Gasteiger partial charge in [-0.05, 0) is 66.2 Å². The topological polar surface area (TPSA) is 63.1 Å². The Bertz CT molecular complexity index is 1810. The van der Waals surface area contributed by atoms with Crippen molar-refractivity contribution >= 4 is 27.6 Å². The molecule has 0 atom stereocenters. The Hall–Kier alpha value is -3.66. The molecule has 1 aliphatic carbocycles. The zero-order chi connectivity index (χ0) is 31.4. The van der Waals surface area contributed by atoms with Gasteiger partial charge < -0.3 is 10.1 Å². The van der Waals surface area contributed by atoms with Crippen molar-refractivity contribution in [1.29, 1.82) is 0 Å². The number of benzene rings is 3. The van der Waals surface area contributed by atoms with Gasteiger partial charge >= 0.3 is 0 Å². The second kappa shape index (κ2) is 14.6. The number of carbonyl (C=O) groups excluding carboxylic acids is 1. The van der Waals surface area contributed by atoms with Gasteiger partial charge in [0.25, 0.3) is 0 Å². The van der Waals surface area contributed by atoms with Crippen LogP contribution in [0.2, 0.25) is 0 Å². The predicted octanol–water partition coefficient (Wildman–Crippen LogP) is 10.4. The quantitative estimate of drug-likeness (QED) is 0.0969. The smallest absolute Gasteiger partial charge is 0.162 e. The molecule has 45 heavy (non-hydrogen) atoms. The molecule has 235 valence electrons. The summed E-state index contributed by atoms with van der Waals surface area (Å²) >= 11 is 0. The van der Waals surface area contributed by atoms with Crippen LogP contribution in [-0.2, 0) is 30.3 Å². The average molecular weight is 776 g/mol. The van der Waals surface area contributed by atoms with Crippen LogP contribution in [0.5, 0.6) is 0 Å². The summed E-state index contributed by atoms with van der Waals surface area (Å²) in [6.07, 6.45) is 6.68. The first kappa shape index (κ1) is 34.2. The molecule has 4 nitrogen and oxygen atoms in total. The molecule has 1 radical (unpaired) electrons. The van der Waals surface area contributed by atoms with Crippen molar-refractivity contribution in [1.82, 2.24) is 9.97 Å². The molecule has 0 amide bonds. The van der Waals surface area contributed by atoms with Crippen LogP contribution in [0.25, 0.3) is 44.2 Å². The molecule has 1 aliphatic rings. The molecule has 0 saturated carbocycles. The molecule has 0 fully saturated rings. The van der Waals surface area contributed by atoms with Gasteiger partial charge in [0.15, 0.2) is 5.78 Å². The van der Waals surface area contributed by atoms with E-state index in [2.05, 4.69) is 97.7 Å². The summed E-state index contributed by atoms with van der Waals surface area (Å²) < 4.78 is 0. The van der Waals surface area contributed by atoms with Gasteiger partial charge in [-0.25, -0.2) is 0 Å². The largest absolute Gasteiger partial charge is 0.512 e. The van der Waals surface area contributed by atoms with E-state index >= 15 is 0 Å². The Labute approximate surface area is 281 Å². The van der Waals surface area contributed by atoms with E-state index in [0.29, 0.717) is 0 Å². The van der Waals surface area contributed by atoms with Crippen LogP contribution in [0.3, 0.4) is 0 Å². The number of ketones is 1. The maximum Gasteiger partial charge on any atom is 0.162 e. The van der Waals surface area contributed by atoms with Gasteiger partial charge in [0.2, 0.25) is 0 Å². The molecule has 2 aromatic heterocycles. The first-order chi connectivity index (χ1) is 21.2. The number of rotatable bonds is 8. The molecular weight excluding hydrogens is 733 g/mol. The van der Waals surface area contributed by atoms with E-state index < -0.39 is 0 Å². The fourth-order valence-electron chi connectivity index (χ4n) is 6.51. The van der Waals surface area contributed by atoms with E-state index in [1.54, 1.807) is 6.20 Å². The summed E-state index contributed by atoms with van der Waals surface area (Å²) in [6, 6.07) is 29.1. The van der Waals surface area contributed by atoms with E-state index in [0.717, 1.165) is 48.0 Å². The molecule has 1 N–H and O–H groups in total. The minimum Gasteiger partial charge on any atom is -0.512 e. The molecule has 0 saturated heterocycles. The van der Waals surface area contributed by atoms with E-state index in [1.807, 2.05) is 27.7 Å². The molecule has 0 spiro atoms. The van der Waals surface area contributed by atoms with Crippen molar-refractivity contribution in [3.8, 4) is 22.4 Å². The van der Waals surface area contributed by atoms with Crippen molar-refractivity contribution < 1.29 is 30.0 Å². The minimum absolute atomic E-state index is 0. The Balaban J connectivity index is 0.000000249.